The molecule has 2 aromatic rings. The van der Waals surface area contributed by atoms with Gasteiger partial charge in [0.25, 0.3) is 5.91 Å². The number of nitrogens with zero attached hydrogens (tertiary/aromatic N) is 2. The second kappa shape index (κ2) is 2.54. The zero-order valence-electron chi connectivity index (χ0n) is 7.47. The Morgan fingerprint density at radius 1 is 1.29 bits per heavy atom. The lowest BCUT2D eigenvalue weighted by Crippen LogP contribution is -2.21. The first-order valence-electron chi connectivity index (χ1n) is 4.50. The molecule has 1 aliphatic heterocycles. The summed E-state index contributed by atoms with van der Waals surface area (Å²) in [5.41, 5.74) is 2.84. The minimum Gasteiger partial charge on any atom is -0.269 e. The monoisotopic (exact) mass is 184 g/mol. The van der Waals surface area contributed by atoms with Crippen LogP contribution >= 0.6 is 0 Å². The van der Waals surface area contributed by atoms with Crippen molar-refractivity contribution in [3.05, 3.63) is 53.6 Å². The fourth-order valence-corrected chi connectivity index (χ4v) is 1.84. The van der Waals surface area contributed by atoms with Gasteiger partial charge in [-0.15, -0.1) is 0 Å². The summed E-state index contributed by atoms with van der Waals surface area (Å²) in [6, 6.07) is 7.70. The van der Waals surface area contributed by atoms with E-state index in [4.69, 9.17) is 0 Å². The van der Waals surface area contributed by atoms with E-state index in [2.05, 4.69) is 4.98 Å². The number of benzene rings is 1. The van der Waals surface area contributed by atoms with E-state index in [1.165, 1.54) is 0 Å². The van der Waals surface area contributed by atoms with Crippen LogP contribution in [0.2, 0.25) is 0 Å². The van der Waals surface area contributed by atoms with Crippen molar-refractivity contribution in [2.45, 2.75) is 6.42 Å². The normalized spacial score (nSPS) is 13.6. The lowest BCUT2D eigenvalue weighted by molar-refractivity contribution is 0.0952. The molecule has 0 N–H and O–H groups in total. The molecule has 0 unspecified atom stereocenters. The van der Waals surface area contributed by atoms with Gasteiger partial charge in [0.2, 0.25) is 0 Å². The topological polar surface area (TPSA) is 34.9 Å². The van der Waals surface area contributed by atoms with Crippen LogP contribution < -0.4 is 0 Å². The summed E-state index contributed by atoms with van der Waals surface area (Å²) in [7, 11) is 0. The maximum atomic E-state index is 11.9. The maximum Gasteiger partial charge on any atom is 0.263 e. The van der Waals surface area contributed by atoms with E-state index in [1.54, 1.807) is 17.1 Å². The van der Waals surface area contributed by atoms with Crippen LogP contribution in [0.4, 0.5) is 0 Å². The SMILES string of the molecule is O=C1c2ccccc2Cc2cncn21. The molecular formula is C11H8N2O. The highest BCUT2D eigenvalue weighted by Crippen LogP contribution is 2.21. The Morgan fingerprint density at radius 3 is 3.07 bits per heavy atom. The highest BCUT2D eigenvalue weighted by atomic mass is 16.2. The molecule has 0 atom stereocenters. The Labute approximate surface area is 81.0 Å². The van der Waals surface area contributed by atoms with Crippen LogP contribution in [0.5, 0.6) is 0 Å². The highest BCUT2D eigenvalue weighted by molar-refractivity contribution is 5.99. The zero-order chi connectivity index (χ0) is 9.54. The molecule has 2 heterocycles. The number of aromatic nitrogens is 2. The highest BCUT2D eigenvalue weighted by Gasteiger charge is 2.21. The molecular weight excluding hydrogens is 176 g/mol. The van der Waals surface area contributed by atoms with Crippen LogP contribution in [-0.2, 0) is 6.42 Å². The molecule has 0 saturated heterocycles. The summed E-state index contributed by atoms with van der Waals surface area (Å²) in [6.45, 7) is 0. The van der Waals surface area contributed by atoms with Crippen molar-refractivity contribution in [2.24, 2.45) is 0 Å². The molecule has 0 radical (unpaired) electrons. The van der Waals surface area contributed by atoms with Crippen molar-refractivity contribution in [2.75, 3.05) is 0 Å². The molecule has 3 nitrogen and oxygen atoms in total. The lowest BCUT2D eigenvalue weighted by Gasteiger charge is -2.16. The summed E-state index contributed by atoms with van der Waals surface area (Å²) in [6.07, 6.45) is 4.11. The van der Waals surface area contributed by atoms with E-state index in [1.807, 2.05) is 24.3 Å². The molecule has 0 amide bonds. The van der Waals surface area contributed by atoms with E-state index >= 15 is 0 Å². The second-order valence-electron chi connectivity index (χ2n) is 3.39. The number of hydrogen-bond donors (Lipinski definition) is 0. The molecule has 3 rings (SSSR count). The summed E-state index contributed by atoms with van der Waals surface area (Å²) in [5.74, 6) is 0.0272. The summed E-state index contributed by atoms with van der Waals surface area (Å²) in [4.78, 5) is 15.9. The number of fused-ring (bicyclic) bond motifs is 2. The maximum absolute atomic E-state index is 11.9. The van der Waals surface area contributed by atoms with Gasteiger partial charge in [0, 0.05) is 23.9 Å². The van der Waals surface area contributed by atoms with Gasteiger partial charge in [-0.3, -0.25) is 9.36 Å². The Hall–Kier alpha value is -1.90. The smallest absolute Gasteiger partial charge is 0.263 e. The van der Waals surface area contributed by atoms with Gasteiger partial charge >= 0.3 is 0 Å². The quantitative estimate of drug-likeness (QED) is 0.530. The summed E-state index contributed by atoms with van der Waals surface area (Å²) in [5, 5.41) is 0. The third kappa shape index (κ3) is 0.865. The van der Waals surface area contributed by atoms with Crippen molar-refractivity contribution >= 4 is 5.91 Å². The molecule has 0 aliphatic carbocycles. The van der Waals surface area contributed by atoms with Gasteiger partial charge in [-0.2, -0.15) is 0 Å². The van der Waals surface area contributed by atoms with Gasteiger partial charge in [-0.05, 0) is 11.6 Å². The molecule has 0 bridgehead atoms. The van der Waals surface area contributed by atoms with Crippen molar-refractivity contribution in [1.29, 1.82) is 0 Å². The predicted octanol–water partition coefficient (Wildman–Crippen LogP) is 1.48. The Morgan fingerprint density at radius 2 is 2.14 bits per heavy atom. The van der Waals surface area contributed by atoms with Crippen molar-refractivity contribution in [3.63, 3.8) is 0 Å². The van der Waals surface area contributed by atoms with Gasteiger partial charge in [-0.25, -0.2) is 4.98 Å². The average molecular weight is 184 g/mol. The minimum absolute atomic E-state index is 0.0272. The second-order valence-corrected chi connectivity index (χ2v) is 3.39. The molecule has 68 valence electrons. The third-order valence-corrected chi connectivity index (χ3v) is 2.55. The van der Waals surface area contributed by atoms with Crippen LogP contribution in [-0.4, -0.2) is 15.5 Å². The number of hydrogen-bond acceptors (Lipinski definition) is 2. The van der Waals surface area contributed by atoms with Crippen LogP contribution in [0.15, 0.2) is 36.8 Å². The lowest BCUT2D eigenvalue weighted by atomic mass is 9.99. The molecule has 0 saturated carbocycles. The fraction of sp³-hybridized carbons (Fsp3) is 0.0909. The first-order chi connectivity index (χ1) is 6.86. The molecule has 0 spiro atoms. The fourth-order valence-electron chi connectivity index (χ4n) is 1.84. The molecule has 1 aromatic carbocycles. The predicted molar refractivity (Wildman–Crippen MR) is 51.2 cm³/mol. The Bertz CT molecular complexity index is 514. The van der Waals surface area contributed by atoms with Gasteiger partial charge in [0.05, 0.1) is 0 Å². The summed E-state index contributed by atoms with van der Waals surface area (Å²) < 4.78 is 1.61. The third-order valence-electron chi connectivity index (χ3n) is 2.55. The Kier molecular flexibility index (Phi) is 1.36. The first kappa shape index (κ1) is 7.50. The molecule has 3 heteroatoms. The van der Waals surface area contributed by atoms with E-state index in [0.717, 1.165) is 23.2 Å². The molecule has 0 fully saturated rings. The van der Waals surface area contributed by atoms with Crippen molar-refractivity contribution in [3.8, 4) is 0 Å². The minimum atomic E-state index is 0.0272. The van der Waals surface area contributed by atoms with Crippen molar-refractivity contribution < 1.29 is 4.79 Å². The number of carbonyl (C=O) groups is 1. The van der Waals surface area contributed by atoms with E-state index in [0.29, 0.717) is 0 Å². The van der Waals surface area contributed by atoms with Gasteiger partial charge < -0.3 is 0 Å². The number of imidazole rings is 1. The van der Waals surface area contributed by atoms with Crippen LogP contribution in [0, 0.1) is 0 Å². The average Bonchev–Trinajstić information content (AvgIpc) is 2.66. The zero-order valence-corrected chi connectivity index (χ0v) is 7.47. The Balaban J connectivity index is 2.26. The first-order valence-corrected chi connectivity index (χ1v) is 4.50. The van der Waals surface area contributed by atoms with Gasteiger partial charge in [-0.1, -0.05) is 18.2 Å². The molecule has 1 aliphatic rings. The summed E-state index contributed by atoms with van der Waals surface area (Å²) >= 11 is 0. The van der Waals surface area contributed by atoms with Crippen LogP contribution in [0.3, 0.4) is 0 Å². The number of rotatable bonds is 0. The van der Waals surface area contributed by atoms with Crippen LogP contribution in [0.1, 0.15) is 21.6 Å². The van der Waals surface area contributed by atoms with E-state index in [9.17, 15) is 4.79 Å². The van der Waals surface area contributed by atoms with Gasteiger partial charge in [0.1, 0.15) is 6.33 Å². The number of carbonyl (C=O) groups excluding carboxylic acids is 1. The van der Waals surface area contributed by atoms with E-state index in [-0.39, 0.29) is 5.91 Å². The van der Waals surface area contributed by atoms with Crippen molar-refractivity contribution in [1.82, 2.24) is 9.55 Å². The standard InChI is InChI=1S/C11H8N2O/c14-11-10-4-2-1-3-8(10)5-9-6-12-7-13(9)11/h1-4,6-7H,5H2. The molecule has 14 heavy (non-hydrogen) atoms. The van der Waals surface area contributed by atoms with E-state index < -0.39 is 0 Å². The van der Waals surface area contributed by atoms with Gasteiger partial charge in [0.15, 0.2) is 0 Å². The largest absolute Gasteiger partial charge is 0.269 e. The molecule has 1 aromatic heterocycles. The van der Waals surface area contributed by atoms with Crippen LogP contribution in [0.25, 0.3) is 0 Å².